The van der Waals surface area contributed by atoms with Gasteiger partial charge in [0.05, 0.1) is 23.3 Å². The molecule has 0 unspecified atom stereocenters. The number of nitrogens with zero attached hydrogens (tertiary/aromatic N) is 3. The molecule has 0 aliphatic carbocycles. The van der Waals surface area contributed by atoms with Crippen LogP contribution in [0.15, 0.2) is 30.3 Å². The Morgan fingerprint density at radius 3 is 2.48 bits per heavy atom. The standard InChI is InChI=1S/C19H24N4O2/c1-12-9-13(2)23(21-12)17-7-5-15(6-8-17)14(3)20-19(25)16-10-18(24)22(4)11-16/h5-9,14,16H,10-11H2,1-4H3,(H,20,25)/t14-,16+/m0/s1. The molecule has 2 atom stereocenters. The average Bonchev–Trinajstić information content (AvgIpc) is 3.09. The van der Waals surface area contributed by atoms with Crippen LogP contribution < -0.4 is 5.32 Å². The van der Waals surface area contributed by atoms with Crippen molar-refractivity contribution in [3.05, 3.63) is 47.3 Å². The first-order chi connectivity index (χ1) is 11.8. The second-order valence-electron chi connectivity index (χ2n) is 6.84. The average molecular weight is 340 g/mol. The van der Waals surface area contributed by atoms with E-state index < -0.39 is 0 Å². The molecule has 132 valence electrons. The minimum atomic E-state index is -0.256. The molecule has 2 heterocycles. The van der Waals surface area contributed by atoms with Crippen LogP contribution in [0, 0.1) is 19.8 Å². The van der Waals surface area contributed by atoms with Crippen LogP contribution in [0.3, 0.4) is 0 Å². The van der Waals surface area contributed by atoms with Gasteiger partial charge in [-0.25, -0.2) is 4.68 Å². The van der Waals surface area contributed by atoms with Crippen LogP contribution >= 0.6 is 0 Å². The molecule has 0 radical (unpaired) electrons. The van der Waals surface area contributed by atoms with E-state index in [1.807, 2.05) is 55.8 Å². The molecule has 6 nitrogen and oxygen atoms in total. The summed E-state index contributed by atoms with van der Waals surface area (Å²) in [6.45, 7) is 6.45. The summed E-state index contributed by atoms with van der Waals surface area (Å²) in [7, 11) is 1.73. The molecular formula is C19H24N4O2. The smallest absolute Gasteiger partial charge is 0.225 e. The van der Waals surface area contributed by atoms with Crippen molar-refractivity contribution in [2.24, 2.45) is 5.92 Å². The molecule has 3 rings (SSSR count). The molecule has 1 saturated heterocycles. The van der Waals surface area contributed by atoms with Gasteiger partial charge in [0.1, 0.15) is 0 Å². The Labute approximate surface area is 147 Å². The Morgan fingerprint density at radius 1 is 1.28 bits per heavy atom. The summed E-state index contributed by atoms with van der Waals surface area (Å²) in [4.78, 5) is 25.5. The van der Waals surface area contributed by atoms with Gasteiger partial charge in [-0.2, -0.15) is 5.10 Å². The van der Waals surface area contributed by atoms with E-state index in [1.165, 1.54) is 0 Å². The van der Waals surface area contributed by atoms with E-state index in [1.54, 1.807) is 11.9 Å². The second kappa shape index (κ2) is 6.70. The predicted octanol–water partition coefficient (Wildman–Crippen LogP) is 2.14. The number of carbonyl (C=O) groups excluding carboxylic acids is 2. The minimum absolute atomic E-state index is 0.0297. The highest BCUT2D eigenvalue weighted by Crippen LogP contribution is 2.20. The number of nitrogens with one attached hydrogen (secondary N) is 1. The fourth-order valence-corrected chi connectivity index (χ4v) is 3.25. The maximum Gasteiger partial charge on any atom is 0.225 e. The first-order valence-corrected chi connectivity index (χ1v) is 8.53. The molecule has 1 N–H and O–H groups in total. The first kappa shape index (κ1) is 17.2. The third-order valence-corrected chi connectivity index (χ3v) is 4.72. The van der Waals surface area contributed by atoms with Crippen LogP contribution in [0.5, 0.6) is 0 Å². The maximum absolute atomic E-state index is 12.4. The summed E-state index contributed by atoms with van der Waals surface area (Å²) < 4.78 is 1.91. The Balaban J connectivity index is 1.67. The van der Waals surface area contributed by atoms with Crippen molar-refractivity contribution >= 4 is 11.8 Å². The van der Waals surface area contributed by atoms with Crippen LogP contribution in [0.1, 0.15) is 36.3 Å². The van der Waals surface area contributed by atoms with Gasteiger partial charge >= 0.3 is 0 Å². The van der Waals surface area contributed by atoms with Crippen molar-refractivity contribution in [3.8, 4) is 5.69 Å². The minimum Gasteiger partial charge on any atom is -0.349 e. The Bertz CT molecular complexity index is 794. The van der Waals surface area contributed by atoms with Gasteiger partial charge in [-0.05, 0) is 44.5 Å². The quantitative estimate of drug-likeness (QED) is 0.927. The van der Waals surface area contributed by atoms with Crippen molar-refractivity contribution in [1.29, 1.82) is 0 Å². The van der Waals surface area contributed by atoms with Gasteiger partial charge < -0.3 is 10.2 Å². The number of carbonyl (C=O) groups is 2. The molecule has 0 spiro atoms. The lowest BCUT2D eigenvalue weighted by Crippen LogP contribution is -2.34. The number of aryl methyl sites for hydroxylation is 2. The monoisotopic (exact) mass is 340 g/mol. The molecule has 25 heavy (non-hydrogen) atoms. The highest BCUT2D eigenvalue weighted by molar-refractivity contribution is 5.89. The number of aromatic nitrogens is 2. The zero-order chi connectivity index (χ0) is 18.1. The van der Waals surface area contributed by atoms with Crippen molar-refractivity contribution < 1.29 is 9.59 Å². The van der Waals surface area contributed by atoms with Crippen LogP contribution in [0.4, 0.5) is 0 Å². The summed E-state index contributed by atoms with van der Waals surface area (Å²) in [6, 6.07) is 9.94. The summed E-state index contributed by atoms with van der Waals surface area (Å²) in [5.74, 6) is -0.288. The Morgan fingerprint density at radius 2 is 1.96 bits per heavy atom. The van der Waals surface area contributed by atoms with E-state index in [9.17, 15) is 9.59 Å². The Kier molecular flexibility index (Phi) is 4.61. The van der Waals surface area contributed by atoms with E-state index in [0.717, 1.165) is 22.6 Å². The summed E-state index contributed by atoms with van der Waals surface area (Å²) >= 11 is 0. The fourth-order valence-electron chi connectivity index (χ4n) is 3.25. The highest BCUT2D eigenvalue weighted by atomic mass is 16.2. The largest absolute Gasteiger partial charge is 0.349 e. The van der Waals surface area contributed by atoms with Crippen LogP contribution in [-0.2, 0) is 9.59 Å². The summed E-state index contributed by atoms with van der Waals surface area (Å²) in [5.41, 5.74) is 4.09. The maximum atomic E-state index is 12.4. The van der Waals surface area contributed by atoms with E-state index in [-0.39, 0.29) is 23.8 Å². The molecule has 1 aromatic carbocycles. The van der Waals surface area contributed by atoms with Crippen LogP contribution in [0.2, 0.25) is 0 Å². The van der Waals surface area contributed by atoms with Gasteiger partial charge in [0.15, 0.2) is 0 Å². The number of benzene rings is 1. The van der Waals surface area contributed by atoms with Gasteiger partial charge in [0.25, 0.3) is 0 Å². The lowest BCUT2D eigenvalue weighted by atomic mass is 10.0. The number of hydrogen-bond acceptors (Lipinski definition) is 3. The number of likely N-dealkylation sites (tertiary alicyclic amines) is 1. The fraction of sp³-hybridized carbons (Fsp3) is 0.421. The van der Waals surface area contributed by atoms with Crippen molar-refractivity contribution in [1.82, 2.24) is 20.0 Å². The SMILES string of the molecule is Cc1cc(C)n(-c2ccc([C@H](C)NC(=O)[C@@H]3CC(=O)N(C)C3)cc2)n1. The molecular weight excluding hydrogens is 316 g/mol. The summed E-state index contributed by atoms with van der Waals surface area (Å²) in [5, 5.41) is 7.49. The zero-order valence-corrected chi connectivity index (χ0v) is 15.1. The first-order valence-electron chi connectivity index (χ1n) is 8.53. The molecule has 2 aromatic rings. The molecule has 1 aromatic heterocycles. The van der Waals surface area contributed by atoms with Gasteiger partial charge in [0.2, 0.25) is 11.8 Å². The zero-order valence-electron chi connectivity index (χ0n) is 15.1. The van der Waals surface area contributed by atoms with Gasteiger partial charge in [-0.3, -0.25) is 9.59 Å². The van der Waals surface area contributed by atoms with Crippen LogP contribution in [0.25, 0.3) is 5.69 Å². The Hall–Kier alpha value is -2.63. The van der Waals surface area contributed by atoms with Crippen molar-refractivity contribution in [2.75, 3.05) is 13.6 Å². The molecule has 1 aliphatic heterocycles. The van der Waals surface area contributed by atoms with E-state index in [2.05, 4.69) is 10.4 Å². The van der Waals surface area contributed by atoms with Gasteiger partial charge in [0, 0.05) is 25.7 Å². The molecule has 0 saturated carbocycles. The lowest BCUT2D eigenvalue weighted by Gasteiger charge is -2.17. The summed E-state index contributed by atoms with van der Waals surface area (Å²) in [6.07, 6.45) is 0.298. The van der Waals surface area contributed by atoms with Gasteiger partial charge in [-0.1, -0.05) is 12.1 Å². The predicted molar refractivity (Wildman–Crippen MR) is 95.3 cm³/mol. The third kappa shape index (κ3) is 3.57. The third-order valence-electron chi connectivity index (χ3n) is 4.72. The highest BCUT2D eigenvalue weighted by Gasteiger charge is 2.32. The normalized spacial score (nSPS) is 18.5. The topological polar surface area (TPSA) is 67.2 Å². The molecule has 1 aliphatic rings. The van der Waals surface area contributed by atoms with Crippen molar-refractivity contribution in [3.63, 3.8) is 0 Å². The molecule has 1 fully saturated rings. The second-order valence-corrected chi connectivity index (χ2v) is 6.84. The van der Waals surface area contributed by atoms with Gasteiger partial charge in [-0.15, -0.1) is 0 Å². The molecule has 6 heteroatoms. The van der Waals surface area contributed by atoms with Crippen LogP contribution in [-0.4, -0.2) is 40.1 Å². The number of rotatable bonds is 4. The number of hydrogen-bond donors (Lipinski definition) is 1. The number of amides is 2. The van der Waals surface area contributed by atoms with E-state index >= 15 is 0 Å². The molecule has 2 amide bonds. The van der Waals surface area contributed by atoms with E-state index in [0.29, 0.717) is 13.0 Å². The van der Waals surface area contributed by atoms with Crippen molar-refractivity contribution in [2.45, 2.75) is 33.2 Å². The van der Waals surface area contributed by atoms with E-state index in [4.69, 9.17) is 0 Å². The molecule has 0 bridgehead atoms. The lowest BCUT2D eigenvalue weighted by molar-refractivity contribution is -0.128.